The Morgan fingerprint density at radius 2 is 1.86 bits per heavy atom. The van der Waals surface area contributed by atoms with E-state index in [2.05, 4.69) is 20.1 Å². The molecule has 0 saturated carbocycles. The molecule has 0 aliphatic carbocycles. The van der Waals surface area contributed by atoms with Crippen LogP contribution in [0.15, 0.2) is 35.6 Å². The molecule has 4 rings (SSSR count). The lowest BCUT2D eigenvalue weighted by Gasteiger charge is -2.06. The molecule has 0 fully saturated rings. The van der Waals surface area contributed by atoms with Gasteiger partial charge in [0.05, 0.1) is 17.9 Å². The maximum absolute atomic E-state index is 12.8. The van der Waals surface area contributed by atoms with Crippen LogP contribution in [0.1, 0.15) is 22.0 Å². The minimum Gasteiger partial charge on any atom is -0.269 e. The minimum absolute atomic E-state index is 0.0334. The molecular weight excluding hydrogens is 393 g/mol. The van der Waals surface area contributed by atoms with Crippen molar-refractivity contribution >= 4 is 16.3 Å². The van der Waals surface area contributed by atoms with Gasteiger partial charge in [0, 0.05) is 34.6 Å². The van der Waals surface area contributed by atoms with Crippen LogP contribution < -0.4 is 5.56 Å². The second kappa shape index (κ2) is 6.51. The molecule has 11 heteroatoms. The van der Waals surface area contributed by atoms with Gasteiger partial charge in [0.1, 0.15) is 6.33 Å². The van der Waals surface area contributed by atoms with Crippen molar-refractivity contribution in [3.8, 4) is 11.3 Å². The standard InChI is InChI=1S/C17H13F3N6OS/c1-9-3-13(17(18,19)20)24-25(9)7-12-4-14(27)26-15(10(2)28-16(26)23-12)11-5-21-8-22-6-11/h3-6,8H,7H2,1-2H3. The van der Waals surface area contributed by atoms with Gasteiger partial charge in [0.2, 0.25) is 0 Å². The summed E-state index contributed by atoms with van der Waals surface area (Å²) in [4.78, 5) is 26.4. The number of alkyl halides is 3. The Hall–Kier alpha value is -3.08. The highest BCUT2D eigenvalue weighted by atomic mass is 32.1. The van der Waals surface area contributed by atoms with E-state index >= 15 is 0 Å². The number of fused-ring (bicyclic) bond motifs is 1. The highest BCUT2D eigenvalue weighted by Crippen LogP contribution is 2.30. The summed E-state index contributed by atoms with van der Waals surface area (Å²) in [6, 6.07) is 2.27. The summed E-state index contributed by atoms with van der Waals surface area (Å²) < 4.78 is 41.2. The fourth-order valence-corrected chi connectivity index (χ4v) is 3.94. The van der Waals surface area contributed by atoms with Gasteiger partial charge in [-0.2, -0.15) is 18.3 Å². The van der Waals surface area contributed by atoms with Crippen molar-refractivity contribution in [3.63, 3.8) is 0 Å². The van der Waals surface area contributed by atoms with Crippen molar-refractivity contribution < 1.29 is 13.2 Å². The third-order valence-electron chi connectivity index (χ3n) is 4.16. The van der Waals surface area contributed by atoms with Crippen LogP contribution in [0.2, 0.25) is 0 Å². The molecule has 0 bridgehead atoms. The molecule has 0 atom stereocenters. The first-order chi connectivity index (χ1) is 13.2. The zero-order valence-corrected chi connectivity index (χ0v) is 15.5. The zero-order chi connectivity index (χ0) is 20.1. The molecule has 0 aliphatic heterocycles. The normalized spacial score (nSPS) is 12.0. The molecule has 4 aromatic rings. The molecule has 4 heterocycles. The van der Waals surface area contributed by atoms with Crippen LogP contribution in [0.5, 0.6) is 0 Å². The van der Waals surface area contributed by atoms with Gasteiger partial charge in [-0.1, -0.05) is 0 Å². The number of nitrogens with zero attached hydrogens (tertiary/aromatic N) is 6. The number of hydrogen-bond acceptors (Lipinski definition) is 6. The number of thiazole rings is 1. The zero-order valence-electron chi connectivity index (χ0n) is 14.7. The lowest BCUT2D eigenvalue weighted by Crippen LogP contribution is -2.17. The molecule has 0 radical (unpaired) electrons. The summed E-state index contributed by atoms with van der Waals surface area (Å²) in [7, 11) is 0. The molecule has 4 aromatic heterocycles. The number of aryl methyl sites for hydroxylation is 2. The predicted molar refractivity (Wildman–Crippen MR) is 96.2 cm³/mol. The van der Waals surface area contributed by atoms with Gasteiger partial charge in [0.15, 0.2) is 10.7 Å². The second-order valence-corrected chi connectivity index (χ2v) is 7.35. The first-order valence-electron chi connectivity index (χ1n) is 8.13. The maximum atomic E-state index is 12.8. The van der Waals surface area contributed by atoms with Gasteiger partial charge in [-0.05, 0) is 19.9 Å². The number of aromatic nitrogens is 6. The van der Waals surface area contributed by atoms with Gasteiger partial charge in [0.25, 0.3) is 5.56 Å². The quantitative estimate of drug-likeness (QED) is 0.523. The Morgan fingerprint density at radius 3 is 2.50 bits per heavy atom. The van der Waals surface area contributed by atoms with E-state index in [-0.39, 0.29) is 12.1 Å². The van der Waals surface area contributed by atoms with Crippen LogP contribution in [0.4, 0.5) is 13.2 Å². The van der Waals surface area contributed by atoms with Gasteiger partial charge in [-0.3, -0.25) is 13.9 Å². The van der Waals surface area contributed by atoms with Crippen LogP contribution in [-0.2, 0) is 12.7 Å². The highest BCUT2D eigenvalue weighted by molar-refractivity contribution is 7.17. The van der Waals surface area contributed by atoms with Crippen molar-refractivity contribution in [1.82, 2.24) is 29.1 Å². The van der Waals surface area contributed by atoms with Gasteiger partial charge in [-0.15, -0.1) is 11.3 Å². The van der Waals surface area contributed by atoms with Crippen LogP contribution >= 0.6 is 11.3 Å². The Balaban J connectivity index is 1.78. The molecule has 0 unspecified atom stereocenters. The van der Waals surface area contributed by atoms with Crippen molar-refractivity contribution in [3.05, 3.63) is 63.2 Å². The molecular formula is C17H13F3N6OS. The maximum Gasteiger partial charge on any atom is 0.435 e. The summed E-state index contributed by atoms with van der Waals surface area (Å²) in [5, 5.41) is 3.59. The average molecular weight is 406 g/mol. The van der Waals surface area contributed by atoms with Crippen molar-refractivity contribution in [2.75, 3.05) is 0 Å². The first-order valence-corrected chi connectivity index (χ1v) is 8.95. The van der Waals surface area contributed by atoms with Gasteiger partial charge in [-0.25, -0.2) is 15.0 Å². The Kier molecular flexibility index (Phi) is 4.26. The van der Waals surface area contributed by atoms with E-state index in [1.807, 2.05) is 6.92 Å². The Labute approximate surface area is 160 Å². The van der Waals surface area contributed by atoms with Gasteiger partial charge >= 0.3 is 6.18 Å². The van der Waals surface area contributed by atoms with Crippen LogP contribution in [0.3, 0.4) is 0 Å². The third kappa shape index (κ3) is 3.17. The summed E-state index contributed by atoms with van der Waals surface area (Å²) in [6.45, 7) is 3.35. The van der Waals surface area contributed by atoms with E-state index in [0.29, 0.717) is 27.6 Å². The molecule has 0 aromatic carbocycles. The fraction of sp³-hybridized carbons (Fsp3) is 0.235. The molecule has 28 heavy (non-hydrogen) atoms. The monoisotopic (exact) mass is 406 g/mol. The molecule has 0 aliphatic rings. The van der Waals surface area contributed by atoms with E-state index in [9.17, 15) is 18.0 Å². The molecule has 0 amide bonds. The molecule has 0 spiro atoms. The van der Waals surface area contributed by atoms with E-state index < -0.39 is 11.9 Å². The third-order valence-corrected chi connectivity index (χ3v) is 5.12. The van der Waals surface area contributed by atoms with Crippen molar-refractivity contribution in [1.29, 1.82) is 0 Å². The fourth-order valence-electron chi connectivity index (χ4n) is 2.92. The largest absolute Gasteiger partial charge is 0.435 e. The molecule has 0 saturated heterocycles. The number of halogens is 3. The molecule has 7 nitrogen and oxygen atoms in total. The lowest BCUT2D eigenvalue weighted by atomic mass is 10.2. The van der Waals surface area contributed by atoms with E-state index in [1.54, 1.807) is 12.4 Å². The minimum atomic E-state index is -4.52. The topological polar surface area (TPSA) is 78.0 Å². The predicted octanol–water partition coefficient (Wildman–Crippen LogP) is 3.09. The van der Waals surface area contributed by atoms with Crippen LogP contribution in [-0.4, -0.2) is 29.1 Å². The summed E-state index contributed by atoms with van der Waals surface area (Å²) in [6.07, 6.45) is 0.0832. The lowest BCUT2D eigenvalue weighted by molar-refractivity contribution is -0.141. The molecule has 0 N–H and O–H groups in total. The number of rotatable bonds is 3. The van der Waals surface area contributed by atoms with E-state index in [0.717, 1.165) is 10.9 Å². The number of hydrogen-bond donors (Lipinski definition) is 0. The summed E-state index contributed by atoms with van der Waals surface area (Å²) in [5.74, 6) is 0. The summed E-state index contributed by atoms with van der Waals surface area (Å²) in [5.41, 5.74) is 0.700. The van der Waals surface area contributed by atoms with Crippen LogP contribution in [0, 0.1) is 13.8 Å². The van der Waals surface area contributed by atoms with Crippen molar-refractivity contribution in [2.45, 2.75) is 26.6 Å². The van der Waals surface area contributed by atoms with Gasteiger partial charge < -0.3 is 0 Å². The first kappa shape index (κ1) is 18.3. The smallest absolute Gasteiger partial charge is 0.269 e. The Bertz CT molecular complexity index is 1230. The van der Waals surface area contributed by atoms with Crippen molar-refractivity contribution in [2.24, 2.45) is 0 Å². The average Bonchev–Trinajstić information content (AvgIpc) is 3.15. The van der Waals surface area contributed by atoms with E-state index in [4.69, 9.17) is 0 Å². The van der Waals surface area contributed by atoms with Crippen LogP contribution in [0.25, 0.3) is 16.2 Å². The SMILES string of the molecule is Cc1sc2nc(Cn3nc(C(F)(F)F)cc3C)cc(=O)n2c1-c1cncnc1. The molecule has 144 valence electrons. The Morgan fingerprint density at radius 1 is 1.14 bits per heavy atom. The second-order valence-electron chi connectivity index (χ2n) is 6.16. The summed E-state index contributed by atoms with van der Waals surface area (Å²) >= 11 is 1.31. The van der Waals surface area contributed by atoms with E-state index in [1.165, 1.54) is 39.7 Å². The highest BCUT2D eigenvalue weighted by Gasteiger charge is 2.34.